The van der Waals surface area contributed by atoms with Gasteiger partial charge in [-0.25, -0.2) is 9.97 Å². The second-order valence-corrected chi connectivity index (χ2v) is 6.07. The van der Waals surface area contributed by atoms with Gasteiger partial charge < -0.3 is 5.32 Å². The van der Waals surface area contributed by atoms with Gasteiger partial charge in [-0.1, -0.05) is 32.4 Å². The quantitative estimate of drug-likeness (QED) is 0.814. The fourth-order valence-electron chi connectivity index (χ4n) is 2.04. The molecule has 4 heteroatoms. The minimum absolute atomic E-state index is 0.296. The lowest BCUT2D eigenvalue weighted by molar-refractivity contribution is 0.520. The molecule has 18 heavy (non-hydrogen) atoms. The van der Waals surface area contributed by atoms with Crippen LogP contribution in [0.25, 0.3) is 0 Å². The van der Waals surface area contributed by atoms with Gasteiger partial charge in [0.15, 0.2) is 0 Å². The Kier molecular flexibility index (Phi) is 3.81. The summed E-state index contributed by atoms with van der Waals surface area (Å²) in [7, 11) is 0. The van der Waals surface area contributed by atoms with Crippen LogP contribution in [0.15, 0.2) is 0 Å². The summed E-state index contributed by atoms with van der Waals surface area (Å²) in [6.45, 7) is 9.39. The number of halogens is 1. The molecule has 1 heterocycles. The topological polar surface area (TPSA) is 37.8 Å². The lowest BCUT2D eigenvalue weighted by Crippen LogP contribution is -2.17. The van der Waals surface area contributed by atoms with Gasteiger partial charge in [0.1, 0.15) is 16.8 Å². The first-order chi connectivity index (χ1) is 8.47. The summed E-state index contributed by atoms with van der Waals surface area (Å²) in [4.78, 5) is 8.92. The molecule has 3 nitrogen and oxygen atoms in total. The largest absolute Gasteiger partial charge is 0.369 e. The van der Waals surface area contributed by atoms with E-state index in [0.717, 1.165) is 23.8 Å². The van der Waals surface area contributed by atoms with E-state index in [1.165, 1.54) is 19.3 Å². The van der Waals surface area contributed by atoms with E-state index in [4.69, 9.17) is 11.6 Å². The van der Waals surface area contributed by atoms with Crippen LogP contribution in [-0.4, -0.2) is 16.5 Å². The maximum atomic E-state index is 6.17. The summed E-state index contributed by atoms with van der Waals surface area (Å²) in [6, 6.07) is 0. The third-order valence-electron chi connectivity index (χ3n) is 3.96. The molecule has 0 saturated heterocycles. The zero-order valence-electron chi connectivity index (χ0n) is 11.7. The van der Waals surface area contributed by atoms with Gasteiger partial charge in [-0.05, 0) is 31.6 Å². The second-order valence-electron chi connectivity index (χ2n) is 5.71. The first-order valence-electron chi connectivity index (χ1n) is 6.75. The molecule has 0 aromatic carbocycles. The first-order valence-corrected chi connectivity index (χ1v) is 7.13. The number of aromatic nitrogens is 2. The van der Waals surface area contributed by atoms with E-state index >= 15 is 0 Å². The molecule has 1 N–H and O–H groups in total. The summed E-state index contributed by atoms with van der Waals surface area (Å²) in [5.74, 6) is 2.01. The normalized spacial score (nSPS) is 17.0. The fraction of sp³-hybridized carbons (Fsp3) is 0.714. The monoisotopic (exact) mass is 267 g/mol. The highest BCUT2D eigenvalue weighted by atomic mass is 35.5. The fourth-order valence-corrected chi connectivity index (χ4v) is 2.22. The Labute approximate surface area is 114 Å². The summed E-state index contributed by atoms with van der Waals surface area (Å²) < 4.78 is 0. The predicted molar refractivity (Wildman–Crippen MR) is 76.3 cm³/mol. The van der Waals surface area contributed by atoms with Crippen molar-refractivity contribution in [1.82, 2.24) is 9.97 Å². The highest BCUT2D eigenvalue weighted by Crippen LogP contribution is 2.48. The molecule has 0 unspecified atom stereocenters. The molecular formula is C14H22ClN3. The number of rotatable bonds is 5. The van der Waals surface area contributed by atoms with Gasteiger partial charge in [0.05, 0.1) is 0 Å². The molecule has 0 bridgehead atoms. The van der Waals surface area contributed by atoms with Crippen LogP contribution in [0.5, 0.6) is 0 Å². The predicted octanol–water partition coefficient (Wildman–Crippen LogP) is 4.16. The summed E-state index contributed by atoms with van der Waals surface area (Å²) in [6.07, 6.45) is 3.88. The first kappa shape index (κ1) is 13.6. The van der Waals surface area contributed by atoms with Crippen molar-refractivity contribution >= 4 is 17.4 Å². The van der Waals surface area contributed by atoms with Crippen molar-refractivity contribution in [3.05, 3.63) is 16.5 Å². The molecule has 2 rings (SSSR count). The smallest absolute Gasteiger partial charge is 0.137 e. The van der Waals surface area contributed by atoms with E-state index in [-0.39, 0.29) is 0 Å². The third-order valence-corrected chi connectivity index (χ3v) is 4.33. The van der Waals surface area contributed by atoms with Crippen molar-refractivity contribution in [2.45, 2.75) is 52.9 Å². The molecule has 1 aromatic heterocycles. The van der Waals surface area contributed by atoms with Crippen LogP contribution in [0, 0.1) is 12.3 Å². The Bertz CT molecular complexity index is 439. The van der Waals surface area contributed by atoms with Crippen LogP contribution < -0.4 is 5.32 Å². The third kappa shape index (κ3) is 2.77. The van der Waals surface area contributed by atoms with Crippen molar-refractivity contribution in [3.8, 4) is 0 Å². The maximum Gasteiger partial charge on any atom is 0.137 e. The Hall–Kier alpha value is -0.830. The molecule has 0 radical (unpaired) electrons. The summed E-state index contributed by atoms with van der Waals surface area (Å²) in [5.41, 5.74) is 1.45. The van der Waals surface area contributed by atoms with Gasteiger partial charge in [-0.15, -0.1) is 0 Å². The van der Waals surface area contributed by atoms with Crippen LogP contribution >= 0.6 is 11.6 Å². The number of nitrogens with one attached hydrogen (secondary N) is 1. The molecule has 100 valence electrons. The second kappa shape index (κ2) is 5.04. The zero-order valence-corrected chi connectivity index (χ0v) is 12.4. The highest BCUT2D eigenvalue weighted by molar-refractivity contribution is 6.30. The van der Waals surface area contributed by atoms with E-state index in [2.05, 4.69) is 36.1 Å². The molecule has 0 atom stereocenters. The molecule has 0 spiro atoms. The van der Waals surface area contributed by atoms with Crippen LogP contribution in [0.2, 0.25) is 5.15 Å². The molecule has 1 fully saturated rings. The minimum Gasteiger partial charge on any atom is -0.369 e. The van der Waals surface area contributed by atoms with Crippen LogP contribution in [-0.2, 0) is 0 Å². The Morgan fingerprint density at radius 1 is 1.33 bits per heavy atom. The van der Waals surface area contributed by atoms with Crippen molar-refractivity contribution < 1.29 is 0 Å². The summed E-state index contributed by atoms with van der Waals surface area (Å²) >= 11 is 6.17. The SMILES string of the molecule is CCC1(CNc2nc(C(C)C)nc(Cl)c2C)CC1. The van der Waals surface area contributed by atoms with Crippen LogP contribution in [0.1, 0.15) is 57.3 Å². The van der Waals surface area contributed by atoms with Gasteiger partial charge >= 0.3 is 0 Å². The molecular weight excluding hydrogens is 246 g/mol. The van der Waals surface area contributed by atoms with Gasteiger partial charge in [-0.2, -0.15) is 0 Å². The van der Waals surface area contributed by atoms with Crippen molar-refractivity contribution in [1.29, 1.82) is 0 Å². The molecule has 1 aliphatic rings. The minimum atomic E-state index is 0.296. The van der Waals surface area contributed by atoms with E-state index in [9.17, 15) is 0 Å². The number of hydrogen-bond donors (Lipinski definition) is 1. The number of nitrogens with zero attached hydrogens (tertiary/aromatic N) is 2. The van der Waals surface area contributed by atoms with Gasteiger partial charge in [-0.3, -0.25) is 0 Å². The van der Waals surface area contributed by atoms with E-state index in [1.807, 2.05) is 6.92 Å². The standard InChI is InChI=1S/C14H22ClN3/c1-5-14(6-7-14)8-16-13-10(4)11(15)17-12(18-13)9(2)3/h9H,5-8H2,1-4H3,(H,16,17,18). The molecule has 0 amide bonds. The molecule has 1 aromatic rings. The van der Waals surface area contributed by atoms with Crippen LogP contribution in [0.4, 0.5) is 5.82 Å². The van der Waals surface area contributed by atoms with E-state index in [0.29, 0.717) is 16.5 Å². The number of hydrogen-bond acceptors (Lipinski definition) is 3. The molecule has 1 saturated carbocycles. The zero-order chi connectivity index (χ0) is 13.3. The Morgan fingerprint density at radius 2 is 2.00 bits per heavy atom. The maximum absolute atomic E-state index is 6.17. The average molecular weight is 268 g/mol. The number of anilines is 1. The summed E-state index contributed by atoms with van der Waals surface area (Å²) in [5, 5.41) is 4.03. The molecule has 1 aliphatic carbocycles. The van der Waals surface area contributed by atoms with E-state index < -0.39 is 0 Å². The van der Waals surface area contributed by atoms with Crippen molar-refractivity contribution in [3.63, 3.8) is 0 Å². The lowest BCUT2D eigenvalue weighted by Gasteiger charge is -2.17. The lowest BCUT2D eigenvalue weighted by atomic mass is 10.0. The molecule has 0 aliphatic heterocycles. The van der Waals surface area contributed by atoms with Gasteiger partial charge in [0.25, 0.3) is 0 Å². The van der Waals surface area contributed by atoms with E-state index in [1.54, 1.807) is 0 Å². The average Bonchev–Trinajstić information content (AvgIpc) is 3.11. The van der Waals surface area contributed by atoms with Crippen molar-refractivity contribution in [2.24, 2.45) is 5.41 Å². The Morgan fingerprint density at radius 3 is 2.50 bits per heavy atom. The van der Waals surface area contributed by atoms with Gasteiger partial charge in [0, 0.05) is 18.0 Å². The van der Waals surface area contributed by atoms with Gasteiger partial charge in [0.2, 0.25) is 0 Å². The Balaban J connectivity index is 2.16. The van der Waals surface area contributed by atoms with Crippen molar-refractivity contribution in [2.75, 3.05) is 11.9 Å². The van der Waals surface area contributed by atoms with Crippen LogP contribution in [0.3, 0.4) is 0 Å². The highest BCUT2D eigenvalue weighted by Gasteiger charge is 2.40.